The molecule has 3 rings (SSSR count). The van der Waals surface area contributed by atoms with Crippen molar-refractivity contribution in [2.75, 3.05) is 12.4 Å². The molecular formula is C17H19N5O. The van der Waals surface area contributed by atoms with Gasteiger partial charge in [-0.1, -0.05) is 30.3 Å². The number of ether oxygens (including phenoxy) is 1. The second kappa shape index (κ2) is 7.02. The first-order valence-corrected chi connectivity index (χ1v) is 7.36. The quantitative estimate of drug-likeness (QED) is 0.758. The van der Waals surface area contributed by atoms with Gasteiger partial charge in [-0.25, -0.2) is 15.0 Å². The van der Waals surface area contributed by atoms with Gasteiger partial charge in [0.05, 0.1) is 12.3 Å². The minimum Gasteiger partial charge on any atom is -0.378 e. The molecule has 2 aromatic heterocycles. The summed E-state index contributed by atoms with van der Waals surface area (Å²) >= 11 is 0. The van der Waals surface area contributed by atoms with E-state index in [9.17, 15) is 0 Å². The van der Waals surface area contributed by atoms with Gasteiger partial charge in [-0.05, 0) is 5.56 Å². The van der Waals surface area contributed by atoms with E-state index in [0.29, 0.717) is 6.61 Å². The van der Waals surface area contributed by atoms with E-state index in [-0.39, 0.29) is 6.04 Å². The normalized spacial score (nSPS) is 12.1. The average molecular weight is 309 g/mol. The van der Waals surface area contributed by atoms with Crippen LogP contribution in [0.3, 0.4) is 0 Å². The second-order valence-electron chi connectivity index (χ2n) is 5.21. The summed E-state index contributed by atoms with van der Waals surface area (Å²) in [6.07, 6.45) is 5.27. The number of methoxy groups -OCH3 is 1. The fraction of sp³-hybridized carbons (Fsp3) is 0.235. The summed E-state index contributed by atoms with van der Waals surface area (Å²) in [7, 11) is 3.63. The van der Waals surface area contributed by atoms with Crippen LogP contribution in [0.4, 0.5) is 5.82 Å². The van der Waals surface area contributed by atoms with Crippen molar-refractivity contribution in [3.8, 4) is 0 Å². The minimum atomic E-state index is -0.0958. The molecule has 6 heteroatoms. The zero-order valence-corrected chi connectivity index (χ0v) is 13.2. The Balaban J connectivity index is 1.94. The van der Waals surface area contributed by atoms with Crippen LogP contribution in [-0.2, 0) is 18.4 Å². The van der Waals surface area contributed by atoms with Gasteiger partial charge in [0, 0.05) is 32.6 Å². The first-order valence-electron chi connectivity index (χ1n) is 7.36. The SMILES string of the molecule is COCc1cc(NC(c2ccccc2)c2nccn2C)ncn1. The van der Waals surface area contributed by atoms with E-state index in [2.05, 4.69) is 32.4 Å². The molecule has 0 aliphatic rings. The second-order valence-corrected chi connectivity index (χ2v) is 5.21. The molecule has 0 fully saturated rings. The molecule has 0 saturated heterocycles. The summed E-state index contributed by atoms with van der Waals surface area (Å²) in [6.45, 7) is 0.454. The van der Waals surface area contributed by atoms with E-state index in [1.807, 2.05) is 42.1 Å². The van der Waals surface area contributed by atoms with Gasteiger partial charge in [-0.3, -0.25) is 0 Å². The molecule has 1 N–H and O–H groups in total. The van der Waals surface area contributed by atoms with Crippen molar-refractivity contribution in [1.29, 1.82) is 0 Å². The van der Waals surface area contributed by atoms with Gasteiger partial charge in [0.2, 0.25) is 0 Å². The van der Waals surface area contributed by atoms with Crippen LogP contribution in [0.5, 0.6) is 0 Å². The Hall–Kier alpha value is -2.73. The third kappa shape index (κ3) is 3.54. The van der Waals surface area contributed by atoms with Crippen molar-refractivity contribution < 1.29 is 4.74 Å². The predicted octanol–water partition coefficient (Wildman–Crippen LogP) is 2.56. The predicted molar refractivity (Wildman–Crippen MR) is 87.9 cm³/mol. The highest BCUT2D eigenvalue weighted by molar-refractivity contribution is 5.42. The molecule has 0 aliphatic heterocycles. The van der Waals surface area contributed by atoms with Gasteiger partial charge in [0.1, 0.15) is 24.0 Å². The van der Waals surface area contributed by atoms with Crippen LogP contribution in [-0.4, -0.2) is 26.6 Å². The highest BCUT2D eigenvalue weighted by atomic mass is 16.5. The van der Waals surface area contributed by atoms with E-state index < -0.39 is 0 Å². The highest BCUT2D eigenvalue weighted by Gasteiger charge is 2.18. The fourth-order valence-electron chi connectivity index (χ4n) is 2.45. The molecule has 118 valence electrons. The largest absolute Gasteiger partial charge is 0.378 e. The number of nitrogens with zero attached hydrogens (tertiary/aromatic N) is 4. The number of aromatic nitrogens is 4. The molecular weight excluding hydrogens is 290 g/mol. The molecule has 6 nitrogen and oxygen atoms in total. The Morgan fingerprint density at radius 2 is 2.00 bits per heavy atom. The summed E-state index contributed by atoms with van der Waals surface area (Å²) in [5.74, 6) is 1.66. The first kappa shape index (κ1) is 15.2. The van der Waals surface area contributed by atoms with Crippen LogP contribution in [0, 0.1) is 0 Å². The molecule has 0 aliphatic carbocycles. The van der Waals surface area contributed by atoms with Crippen LogP contribution >= 0.6 is 0 Å². The molecule has 3 aromatic rings. The molecule has 2 heterocycles. The Morgan fingerprint density at radius 1 is 1.17 bits per heavy atom. The number of hydrogen-bond acceptors (Lipinski definition) is 5. The molecule has 0 saturated carbocycles. The van der Waals surface area contributed by atoms with Gasteiger partial charge < -0.3 is 14.6 Å². The Bertz CT molecular complexity index is 756. The number of benzene rings is 1. The maximum absolute atomic E-state index is 5.13. The van der Waals surface area contributed by atoms with Gasteiger partial charge in [0.25, 0.3) is 0 Å². The fourth-order valence-corrected chi connectivity index (χ4v) is 2.45. The van der Waals surface area contributed by atoms with Gasteiger partial charge in [0.15, 0.2) is 0 Å². The number of rotatable bonds is 6. The highest BCUT2D eigenvalue weighted by Crippen LogP contribution is 2.24. The average Bonchev–Trinajstić information content (AvgIpc) is 3.00. The number of imidazole rings is 1. The van der Waals surface area contributed by atoms with Crippen molar-refractivity contribution in [1.82, 2.24) is 19.5 Å². The summed E-state index contributed by atoms with van der Waals surface area (Å²) in [5.41, 5.74) is 1.95. The Labute approximate surface area is 135 Å². The third-order valence-corrected chi connectivity index (χ3v) is 3.56. The lowest BCUT2D eigenvalue weighted by atomic mass is 10.1. The molecule has 1 atom stereocenters. The number of hydrogen-bond donors (Lipinski definition) is 1. The molecule has 1 aromatic carbocycles. The Morgan fingerprint density at radius 3 is 2.70 bits per heavy atom. The summed E-state index contributed by atoms with van der Waals surface area (Å²) in [4.78, 5) is 13.0. The van der Waals surface area contributed by atoms with E-state index in [1.165, 1.54) is 6.33 Å². The standard InChI is InChI=1S/C17H19N5O/c1-22-9-8-18-17(22)16(13-6-4-3-5-7-13)21-15-10-14(11-23-2)19-12-20-15/h3-10,12,16H,11H2,1-2H3,(H,19,20,21). The van der Waals surface area contributed by atoms with Crippen LogP contribution < -0.4 is 5.32 Å². The molecule has 0 amide bonds. The summed E-state index contributed by atoms with van der Waals surface area (Å²) in [5, 5.41) is 3.45. The van der Waals surface area contributed by atoms with Gasteiger partial charge in [-0.2, -0.15) is 0 Å². The zero-order chi connectivity index (χ0) is 16.1. The number of nitrogens with one attached hydrogen (secondary N) is 1. The van der Waals surface area contributed by atoms with Gasteiger partial charge >= 0.3 is 0 Å². The summed E-state index contributed by atoms with van der Waals surface area (Å²) in [6, 6.07) is 12.0. The van der Waals surface area contributed by atoms with Gasteiger partial charge in [-0.15, -0.1) is 0 Å². The lowest BCUT2D eigenvalue weighted by molar-refractivity contribution is 0.181. The van der Waals surface area contributed by atoms with Crippen molar-refractivity contribution in [3.05, 3.63) is 72.2 Å². The number of anilines is 1. The number of aryl methyl sites for hydroxylation is 1. The topological polar surface area (TPSA) is 64.9 Å². The van der Waals surface area contributed by atoms with Crippen molar-refractivity contribution in [2.45, 2.75) is 12.6 Å². The first-order chi connectivity index (χ1) is 11.3. The van der Waals surface area contributed by atoms with Crippen molar-refractivity contribution >= 4 is 5.82 Å². The summed E-state index contributed by atoms with van der Waals surface area (Å²) < 4.78 is 7.13. The molecule has 0 radical (unpaired) electrons. The smallest absolute Gasteiger partial charge is 0.135 e. The maximum atomic E-state index is 5.13. The lowest BCUT2D eigenvalue weighted by Crippen LogP contribution is -2.17. The molecule has 0 bridgehead atoms. The van der Waals surface area contributed by atoms with Crippen LogP contribution in [0.15, 0.2) is 55.1 Å². The third-order valence-electron chi connectivity index (χ3n) is 3.56. The zero-order valence-electron chi connectivity index (χ0n) is 13.2. The lowest BCUT2D eigenvalue weighted by Gasteiger charge is -2.19. The van der Waals surface area contributed by atoms with E-state index >= 15 is 0 Å². The molecule has 0 spiro atoms. The Kier molecular flexibility index (Phi) is 4.63. The van der Waals surface area contributed by atoms with E-state index in [4.69, 9.17) is 4.74 Å². The van der Waals surface area contributed by atoms with Crippen LogP contribution in [0.25, 0.3) is 0 Å². The maximum Gasteiger partial charge on any atom is 0.135 e. The van der Waals surface area contributed by atoms with E-state index in [0.717, 1.165) is 22.9 Å². The molecule has 23 heavy (non-hydrogen) atoms. The van der Waals surface area contributed by atoms with E-state index in [1.54, 1.807) is 13.3 Å². The monoisotopic (exact) mass is 309 g/mol. The molecule has 1 unspecified atom stereocenters. The van der Waals surface area contributed by atoms with Crippen molar-refractivity contribution in [3.63, 3.8) is 0 Å². The minimum absolute atomic E-state index is 0.0958. The van der Waals surface area contributed by atoms with Crippen LogP contribution in [0.2, 0.25) is 0 Å². The van der Waals surface area contributed by atoms with Crippen molar-refractivity contribution in [2.24, 2.45) is 7.05 Å². The van der Waals surface area contributed by atoms with Crippen LogP contribution in [0.1, 0.15) is 23.1 Å².